The number of carbonyl (C=O) groups is 2. The number of hydrogen-bond donors (Lipinski definition) is 1. The maximum atomic E-state index is 13.3. The molecule has 3 aromatic rings. The van der Waals surface area contributed by atoms with Crippen LogP contribution in [0.15, 0.2) is 71.7 Å². The number of imide groups is 1. The summed E-state index contributed by atoms with van der Waals surface area (Å²) >= 11 is 7.69. The molecule has 0 bridgehead atoms. The minimum absolute atomic E-state index is 0.245. The lowest BCUT2D eigenvalue weighted by atomic mass is 10.1. The quantitative estimate of drug-likeness (QED) is 0.595. The number of carbonyl (C=O) groups excluding carboxylic acids is 2. The number of hydrogen-bond acceptors (Lipinski definition) is 5. The number of thiophene rings is 1. The number of amides is 2. The summed E-state index contributed by atoms with van der Waals surface area (Å²) in [4.78, 5) is 30.4. The van der Waals surface area contributed by atoms with E-state index < -0.39 is 11.8 Å². The molecule has 2 heterocycles. The summed E-state index contributed by atoms with van der Waals surface area (Å²) < 4.78 is 0. The lowest BCUT2D eigenvalue weighted by molar-refractivity contribution is -0.120. The van der Waals surface area contributed by atoms with Gasteiger partial charge in [-0.25, -0.2) is 4.90 Å². The molecule has 0 unspecified atom stereocenters. The molecule has 0 radical (unpaired) electrons. The molecule has 0 saturated heterocycles. The number of para-hydroxylation sites is 1. The van der Waals surface area contributed by atoms with Crippen LogP contribution in [-0.4, -0.2) is 25.9 Å². The monoisotopic (exact) mass is 423 g/mol. The summed E-state index contributed by atoms with van der Waals surface area (Å²) in [5.41, 5.74) is 2.73. The van der Waals surface area contributed by atoms with E-state index in [1.807, 2.05) is 60.8 Å². The van der Waals surface area contributed by atoms with Gasteiger partial charge in [0.05, 0.1) is 16.3 Å². The van der Waals surface area contributed by atoms with Crippen LogP contribution < -0.4 is 15.1 Å². The maximum absolute atomic E-state index is 13.3. The summed E-state index contributed by atoms with van der Waals surface area (Å²) in [5.74, 6) is -0.818. The number of anilines is 3. The predicted octanol–water partition coefficient (Wildman–Crippen LogP) is 4.86. The molecule has 0 saturated carbocycles. The summed E-state index contributed by atoms with van der Waals surface area (Å²) in [5, 5.41) is 5.38. The molecule has 4 rings (SSSR count). The first-order valence-electron chi connectivity index (χ1n) is 8.93. The molecule has 29 heavy (non-hydrogen) atoms. The third-order valence-corrected chi connectivity index (χ3v) is 5.80. The van der Waals surface area contributed by atoms with Crippen LogP contribution in [0, 0.1) is 0 Å². The summed E-state index contributed by atoms with van der Waals surface area (Å²) in [6.07, 6.45) is 0. The van der Waals surface area contributed by atoms with Gasteiger partial charge < -0.3 is 10.2 Å². The van der Waals surface area contributed by atoms with Crippen LogP contribution in [0.1, 0.15) is 4.88 Å². The average Bonchev–Trinajstić information content (AvgIpc) is 3.30. The molecule has 0 spiro atoms. The Morgan fingerprint density at radius 2 is 1.66 bits per heavy atom. The van der Waals surface area contributed by atoms with E-state index in [0.29, 0.717) is 16.3 Å². The fourth-order valence-electron chi connectivity index (χ4n) is 3.13. The second-order valence-electron chi connectivity index (χ2n) is 6.69. The van der Waals surface area contributed by atoms with Crippen LogP contribution in [0.3, 0.4) is 0 Å². The maximum Gasteiger partial charge on any atom is 0.282 e. The standard InChI is InChI=1S/C22H18ClN3O2S/c1-25(2)15-11-9-14(10-12-15)24-20-19(18-8-5-13-29-18)21(27)26(22(20)28)17-7-4-3-6-16(17)23/h3-13,24H,1-2H3. The fraction of sp³-hybridized carbons (Fsp3) is 0.0909. The zero-order valence-corrected chi connectivity index (χ0v) is 17.4. The summed E-state index contributed by atoms with van der Waals surface area (Å²) in [7, 11) is 3.92. The topological polar surface area (TPSA) is 52.7 Å². The highest BCUT2D eigenvalue weighted by atomic mass is 35.5. The van der Waals surface area contributed by atoms with Gasteiger partial charge in [-0.1, -0.05) is 29.8 Å². The van der Waals surface area contributed by atoms with Crippen LogP contribution in [0.5, 0.6) is 0 Å². The molecule has 5 nitrogen and oxygen atoms in total. The van der Waals surface area contributed by atoms with Gasteiger partial charge in [0.1, 0.15) is 5.70 Å². The Bertz CT molecular complexity index is 1110. The van der Waals surface area contributed by atoms with E-state index in [-0.39, 0.29) is 5.70 Å². The molecule has 2 amide bonds. The van der Waals surface area contributed by atoms with Crippen molar-refractivity contribution in [1.82, 2.24) is 0 Å². The summed E-state index contributed by atoms with van der Waals surface area (Å²) in [6.45, 7) is 0. The first-order valence-corrected chi connectivity index (χ1v) is 10.2. The van der Waals surface area contributed by atoms with Crippen molar-refractivity contribution in [3.63, 3.8) is 0 Å². The average molecular weight is 424 g/mol. The van der Waals surface area contributed by atoms with Gasteiger partial charge in [0, 0.05) is 30.3 Å². The molecular formula is C22H18ClN3O2S. The Morgan fingerprint density at radius 1 is 0.931 bits per heavy atom. The van der Waals surface area contributed by atoms with Crippen LogP contribution in [-0.2, 0) is 9.59 Å². The summed E-state index contributed by atoms with van der Waals surface area (Å²) in [6, 6.07) is 18.2. The van der Waals surface area contributed by atoms with Gasteiger partial charge in [-0.3, -0.25) is 9.59 Å². The molecular weight excluding hydrogens is 406 g/mol. The first kappa shape index (κ1) is 19.2. The van der Waals surface area contributed by atoms with Gasteiger partial charge in [0.2, 0.25) is 0 Å². The van der Waals surface area contributed by atoms with Crippen LogP contribution in [0.2, 0.25) is 5.02 Å². The highest BCUT2D eigenvalue weighted by Crippen LogP contribution is 2.37. The molecule has 0 fully saturated rings. The van der Waals surface area contributed by atoms with Crippen LogP contribution >= 0.6 is 22.9 Å². The SMILES string of the molecule is CN(C)c1ccc(NC2=C(c3cccs3)C(=O)N(c3ccccc3Cl)C2=O)cc1. The lowest BCUT2D eigenvalue weighted by Crippen LogP contribution is -2.32. The number of halogens is 1. The van der Waals surface area contributed by atoms with E-state index in [0.717, 1.165) is 21.2 Å². The molecule has 2 aromatic carbocycles. The van der Waals surface area contributed by atoms with E-state index in [4.69, 9.17) is 11.6 Å². The normalized spacial score (nSPS) is 14.0. The van der Waals surface area contributed by atoms with Crippen molar-refractivity contribution >= 4 is 57.4 Å². The van der Waals surface area contributed by atoms with E-state index in [2.05, 4.69) is 5.32 Å². The van der Waals surface area contributed by atoms with Gasteiger partial charge in [-0.05, 0) is 47.8 Å². The van der Waals surface area contributed by atoms with Gasteiger partial charge in [0.15, 0.2) is 0 Å². The number of nitrogens with one attached hydrogen (secondary N) is 1. The van der Waals surface area contributed by atoms with E-state index >= 15 is 0 Å². The van der Waals surface area contributed by atoms with Gasteiger partial charge in [-0.15, -0.1) is 11.3 Å². The fourth-order valence-corrected chi connectivity index (χ4v) is 4.12. The predicted molar refractivity (Wildman–Crippen MR) is 120 cm³/mol. The van der Waals surface area contributed by atoms with Crippen molar-refractivity contribution in [2.45, 2.75) is 0 Å². The molecule has 0 aliphatic carbocycles. The molecule has 1 aromatic heterocycles. The molecule has 146 valence electrons. The van der Waals surface area contributed by atoms with Crippen LogP contribution in [0.25, 0.3) is 5.57 Å². The zero-order chi connectivity index (χ0) is 20.5. The minimum Gasteiger partial charge on any atom is -0.378 e. The van der Waals surface area contributed by atoms with E-state index in [1.165, 1.54) is 11.3 Å². The van der Waals surface area contributed by atoms with Crippen molar-refractivity contribution in [2.75, 3.05) is 29.2 Å². The van der Waals surface area contributed by atoms with Gasteiger partial charge in [-0.2, -0.15) is 0 Å². The third-order valence-electron chi connectivity index (χ3n) is 4.60. The minimum atomic E-state index is -0.428. The van der Waals surface area contributed by atoms with Gasteiger partial charge in [0.25, 0.3) is 11.8 Å². The zero-order valence-electron chi connectivity index (χ0n) is 15.8. The van der Waals surface area contributed by atoms with Crippen molar-refractivity contribution in [3.05, 3.63) is 81.6 Å². The molecule has 0 atom stereocenters. The van der Waals surface area contributed by atoms with Crippen molar-refractivity contribution in [2.24, 2.45) is 0 Å². The lowest BCUT2D eigenvalue weighted by Gasteiger charge is -2.17. The Hall–Kier alpha value is -3.09. The Morgan fingerprint density at radius 3 is 2.28 bits per heavy atom. The van der Waals surface area contributed by atoms with E-state index in [1.54, 1.807) is 24.3 Å². The van der Waals surface area contributed by atoms with Crippen molar-refractivity contribution in [3.8, 4) is 0 Å². The number of rotatable bonds is 5. The Kier molecular flexibility index (Phi) is 5.13. The first-order chi connectivity index (χ1) is 14.0. The molecule has 1 aliphatic rings. The molecule has 1 N–H and O–H groups in total. The van der Waals surface area contributed by atoms with Crippen molar-refractivity contribution < 1.29 is 9.59 Å². The highest BCUT2D eigenvalue weighted by molar-refractivity contribution is 7.11. The second-order valence-corrected chi connectivity index (χ2v) is 8.05. The molecule has 7 heteroatoms. The van der Waals surface area contributed by atoms with Gasteiger partial charge >= 0.3 is 0 Å². The van der Waals surface area contributed by atoms with E-state index in [9.17, 15) is 9.59 Å². The van der Waals surface area contributed by atoms with Crippen LogP contribution in [0.4, 0.5) is 17.1 Å². The largest absolute Gasteiger partial charge is 0.378 e. The van der Waals surface area contributed by atoms with Crippen molar-refractivity contribution in [1.29, 1.82) is 0 Å². The third kappa shape index (κ3) is 3.52. The number of benzene rings is 2. The Balaban J connectivity index is 1.76. The second kappa shape index (κ2) is 7.73. The highest BCUT2D eigenvalue weighted by Gasteiger charge is 2.41. The Labute approximate surface area is 177 Å². The number of nitrogens with zero attached hydrogens (tertiary/aromatic N) is 2. The smallest absolute Gasteiger partial charge is 0.282 e. The molecule has 1 aliphatic heterocycles.